The molecule has 0 aliphatic carbocycles. The van der Waals surface area contributed by atoms with E-state index in [1.54, 1.807) is 36.4 Å². The summed E-state index contributed by atoms with van der Waals surface area (Å²) in [6, 6.07) is 9.40. The molecule has 1 unspecified atom stereocenters. The zero-order valence-corrected chi connectivity index (χ0v) is 22.2. The van der Waals surface area contributed by atoms with Gasteiger partial charge in [0.15, 0.2) is 6.61 Å². The van der Waals surface area contributed by atoms with Crippen LogP contribution in [-0.2, 0) is 16.1 Å². The first-order valence-electron chi connectivity index (χ1n) is 10.0. The van der Waals surface area contributed by atoms with E-state index < -0.39 is 11.6 Å². The summed E-state index contributed by atoms with van der Waals surface area (Å²) in [5.74, 6) is -0.173. The van der Waals surface area contributed by atoms with Crippen LogP contribution in [0.15, 0.2) is 40.9 Å². The number of hydrogen-bond donors (Lipinski definition) is 1. The number of amides is 2. The highest BCUT2D eigenvalue weighted by atomic mass is 79.9. The maximum atomic E-state index is 13.3. The lowest BCUT2D eigenvalue weighted by atomic mass is 10.1. The summed E-state index contributed by atoms with van der Waals surface area (Å²) in [5.41, 5.74) is 0.116. The molecule has 174 valence electrons. The second-order valence-corrected chi connectivity index (χ2v) is 10.4. The lowest BCUT2D eigenvalue weighted by Crippen LogP contribution is -2.54. The summed E-state index contributed by atoms with van der Waals surface area (Å²) in [5, 5.41) is 4.32. The first-order chi connectivity index (χ1) is 14.9. The van der Waals surface area contributed by atoms with Crippen LogP contribution in [-0.4, -0.2) is 34.9 Å². The number of halogens is 4. The number of nitrogens with one attached hydrogen (secondary N) is 1. The van der Waals surface area contributed by atoms with Crippen molar-refractivity contribution < 1.29 is 14.3 Å². The zero-order chi connectivity index (χ0) is 24.1. The molecule has 0 saturated carbocycles. The van der Waals surface area contributed by atoms with Crippen molar-refractivity contribution in [1.82, 2.24) is 10.2 Å². The molecular formula is C23H26BrCl3N2O3. The van der Waals surface area contributed by atoms with Crippen LogP contribution in [0.25, 0.3) is 0 Å². The number of ether oxygens (including phenoxy) is 1. The van der Waals surface area contributed by atoms with Crippen molar-refractivity contribution in [2.75, 3.05) is 6.61 Å². The minimum absolute atomic E-state index is 0.0680. The molecule has 1 N–H and O–H groups in total. The Hall–Kier alpha value is -1.47. The molecule has 0 saturated heterocycles. The van der Waals surface area contributed by atoms with Crippen molar-refractivity contribution >= 4 is 62.5 Å². The van der Waals surface area contributed by atoms with Gasteiger partial charge in [0.1, 0.15) is 11.8 Å². The van der Waals surface area contributed by atoms with Crippen LogP contribution in [0.3, 0.4) is 0 Å². The molecule has 0 fully saturated rings. The van der Waals surface area contributed by atoms with E-state index in [-0.39, 0.29) is 25.0 Å². The van der Waals surface area contributed by atoms with Crippen LogP contribution >= 0.6 is 50.7 Å². The predicted molar refractivity (Wildman–Crippen MR) is 134 cm³/mol. The Morgan fingerprint density at radius 3 is 2.28 bits per heavy atom. The fraction of sp³-hybridized carbons (Fsp3) is 0.391. The topological polar surface area (TPSA) is 58.6 Å². The van der Waals surface area contributed by atoms with E-state index in [9.17, 15) is 9.59 Å². The van der Waals surface area contributed by atoms with Gasteiger partial charge in [-0.2, -0.15) is 0 Å². The van der Waals surface area contributed by atoms with E-state index in [0.717, 1.165) is 0 Å². The third-order valence-corrected chi connectivity index (χ3v) is 6.08. The summed E-state index contributed by atoms with van der Waals surface area (Å²) in [7, 11) is 0. The van der Waals surface area contributed by atoms with Gasteiger partial charge in [-0.3, -0.25) is 9.59 Å². The van der Waals surface area contributed by atoms with Gasteiger partial charge in [-0.05, 0) is 73.5 Å². The second kappa shape index (κ2) is 11.6. The predicted octanol–water partition coefficient (Wildman–Crippen LogP) is 6.51. The fourth-order valence-corrected chi connectivity index (χ4v) is 4.35. The number of carbonyl (C=O) groups excluding carboxylic acids is 2. The largest absolute Gasteiger partial charge is 0.483 e. The maximum absolute atomic E-state index is 13.3. The highest BCUT2D eigenvalue weighted by molar-refractivity contribution is 9.10. The molecule has 1 atom stereocenters. The van der Waals surface area contributed by atoms with E-state index in [2.05, 4.69) is 21.2 Å². The first-order valence-corrected chi connectivity index (χ1v) is 12.0. The molecule has 2 aromatic carbocycles. The summed E-state index contributed by atoms with van der Waals surface area (Å²) in [4.78, 5) is 27.8. The molecule has 32 heavy (non-hydrogen) atoms. The monoisotopic (exact) mass is 562 g/mol. The molecule has 0 aliphatic heterocycles. The molecular weight excluding hydrogens is 539 g/mol. The van der Waals surface area contributed by atoms with Crippen molar-refractivity contribution in [2.24, 2.45) is 0 Å². The van der Waals surface area contributed by atoms with E-state index in [1.165, 1.54) is 4.90 Å². The van der Waals surface area contributed by atoms with Gasteiger partial charge in [-0.1, -0.05) is 47.8 Å². The number of rotatable bonds is 8. The van der Waals surface area contributed by atoms with Crippen molar-refractivity contribution in [3.8, 4) is 5.75 Å². The van der Waals surface area contributed by atoms with Gasteiger partial charge in [0.2, 0.25) is 5.91 Å². The highest BCUT2D eigenvalue weighted by Crippen LogP contribution is 2.29. The molecule has 0 heterocycles. The quantitative estimate of drug-likeness (QED) is 0.398. The Kier molecular flexibility index (Phi) is 9.70. The Morgan fingerprint density at radius 1 is 1.12 bits per heavy atom. The maximum Gasteiger partial charge on any atom is 0.261 e. The van der Waals surface area contributed by atoms with E-state index >= 15 is 0 Å². The van der Waals surface area contributed by atoms with Gasteiger partial charge in [-0.25, -0.2) is 0 Å². The molecule has 0 aromatic heterocycles. The number of nitrogens with zero attached hydrogens (tertiary/aromatic N) is 1. The molecule has 0 aliphatic rings. The number of hydrogen-bond acceptors (Lipinski definition) is 3. The van der Waals surface area contributed by atoms with Gasteiger partial charge >= 0.3 is 0 Å². The number of benzene rings is 2. The van der Waals surface area contributed by atoms with Crippen LogP contribution in [0.4, 0.5) is 0 Å². The molecule has 0 spiro atoms. The third kappa shape index (κ3) is 7.55. The fourth-order valence-electron chi connectivity index (χ4n) is 3.04. The van der Waals surface area contributed by atoms with Crippen LogP contribution in [0.2, 0.25) is 15.1 Å². The first kappa shape index (κ1) is 26.8. The molecule has 2 aromatic rings. The van der Waals surface area contributed by atoms with Crippen LogP contribution < -0.4 is 10.1 Å². The van der Waals surface area contributed by atoms with Crippen LogP contribution in [0, 0.1) is 0 Å². The average molecular weight is 565 g/mol. The SMILES string of the molecule is CCC(C(=O)NC(C)(C)C)N(Cc1c(Cl)cccc1Cl)C(=O)COc1ccc(Cl)cc1Br. The van der Waals surface area contributed by atoms with Crippen LogP contribution in [0.5, 0.6) is 5.75 Å². The van der Waals surface area contributed by atoms with Crippen molar-refractivity contribution in [1.29, 1.82) is 0 Å². The highest BCUT2D eigenvalue weighted by Gasteiger charge is 2.31. The van der Waals surface area contributed by atoms with Crippen molar-refractivity contribution in [3.63, 3.8) is 0 Å². The Labute approximate surface area is 212 Å². The van der Waals surface area contributed by atoms with E-state index in [1.807, 2.05) is 27.7 Å². The van der Waals surface area contributed by atoms with Crippen molar-refractivity contribution in [3.05, 3.63) is 61.5 Å². The Balaban J connectivity index is 2.33. The molecule has 0 bridgehead atoms. The van der Waals surface area contributed by atoms with Gasteiger partial charge in [0.05, 0.1) is 4.47 Å². The van der Waals surface area contributed by atoms with Gasteiger partial charge < -0.3 is 15.0 Å². The normalized spacial score (nSPS) is 12.2. The second-order valence-electron chi connectivity index (χ2n) is 8.25. The summed E-state index contributed by atoms with van der Waals surface area (Å²) in [6.45, 7) is 7.29. The van der Waals surface area contributed by atoms with Crippen LogP contribution in [0.1, 0.15) is 39.7 Å². The molecule has 2 rings (SSSR count). The smallest absolute Gasteiger partial charge is 0.261 e. The summed E-state index contributed by atoms with van der Waals surface area (Å²) < 4.78 is 6.33. The van der Waals surface area contributed by atoms with Gasteiger partial charge in [0, 0.05) is 32.7 Å². The lowest BCUT2D eigenvalue weighted by Gasteiger charge is -2.33. The Bertz CT molecular complexity index is 959. The molecule has 5 nitrogen and oxygen atoms in total. The van der Waals surface area contributed by atoms with Crippen molar-refractivity contribution in [2.45, 2.75) is 52.2 Å². The molecule has 9 heteroatoms. The Morgan fingerprint density at radius 2 is 1.75 bits per heavy atom. The minimum atomic E-state index is -0.730. The minimum Gasteiger partial charge on any atom is -0.483 e. The molecule has 0 radical (unpaired) electrons. The van der Waals surface area contributed by atoms with E-state index in [0.29, 0.717) is 37.3 Å². The standard InChI is InChI=1S/C23H26BrCl3N2O3/c1-5-19(22(31)28-23(2,3)4)29(12-15-17(26)7-6-8-18(15)27)21(30)13-32-20-10-9-14(25)11-16(20)24/h6-11,19H,5,12-13H2,1-4H3,(H,28,31). The summed E-state index contributed by atoms with van der Waals surface area (Å²) in [6.07, 6.45) is 0.403. The summed E-state index contributed by atoms with van der Waals surface area (Å²) >= 11 is 22.0. The number of carbonyl (C=O) groups is 2. The van der Waals surface area contributed by atoms with E-state index in [4.69, 9.17) is 39.5 Å². The third-order valence-electron chi connectivity index (χ3n) is 4.52. The zero-order valence-electron chi connectivity index (χ0n) is 18.3. The molecule has 2 amide bonds. The average Bonchev–Trinajstić information content (AvgIpc) is 2.67. The van der Waals surface area contributed by atoms with Gasteiger partial charge in [0.25, 0.3) is 5.91 Å². The van der Waals surface area contributed by atoms with Gasteiger partial charge in [-0.15, -0.1) is 0 Å². The lowest BCUT2D eigenvalue weighted by molar-refractivity contribution is -0.143.